The fourth-order valence-electron chi connectivity index (χ4n) is 5.11. The Morgan fingerprint density at radius 1 is 0.882 bits per heavy atom. The molecule has 0 amide bonds. The molecule has 0 saturated heterocycles. The van der Waals surface area contributed by atoms with Gasteiger partial charge in [-0.2, -0.15) is 0 Å². The van der Waals surface area contributed by atoms with Crippen molar-refractivity contribution in [2.24, 2.45) is 0 Å². The zero-order chi connectivity index (χ0) is 22.7. The second-order valence-corrected chi connectivity index (χ2v) is 15.8. The minimum Gasteiger partial charge on any atom is -1.00 e. The van der Waals surface area contributed by atoms with Crippen molar-refractivity contribution in [1.29, 1.82) is 0 Å². The summed E-state index contributed by atoms with van der Waals surface area (Å²) in [5.74, 6) is 0. The fourth-order valence-corrected chi connectivity index (χ4v) is 9.88. The van der Waals surface area contributed by atoms with E-state index in [1.54, 1.807) is 5.56 Å². The molecule has 188 valence electrons. The molecule has 1 aliphatic rings. The fraction of sp³-hybridized carbons (Fsp3) is 0.571. The summed E-state index contributed by atoms with van der Waals surface area (Å²) in [4.78, 5) is 4.17. The van der Waals surface area contributed by atoms with Gasteiger partial charge in [0.25, 0.3) is 0 Å². The first-order valence-electron chi connectivity index (χ1n) is 12.1. The monoisotopic (exact) mass is 555 g/mol. The normalized spacial score (nSPS) is 16.7. The number of hydrogen-bond donors (Lipinski definition) is 1. The molecule has 2 atom stereocenters. The van der Waals surface area contributed by atoms with E-state index in [4.69, 9.17) is 4.74 Å². The van der Waals surface area contributed by atoms with Gasteiger partial charge in [0, 0.05) is 17.7 Å². The van der Waals surface area contributed by atoms with Crippen LogP contribution in [0.2, 0.25) is 12.6 Å². The van der Waals surface area contributed by atoms with E-state index in [0.717, 1.165) is 6.61 Å². The predicted octanol–water partition coefficient (Wildman–Crippen LogP) is 1.83. The SMILES string of the molecule is CC(C)(C)N[Si](C)(CCCCCCOC(C)(C)C)C1C=Cc2ccc3ccccc3c21.[Cl-].[Cl-].[Ti+2]. The molecule has 2 nitrogen and oxygen atoms in total. The Balaban J connectivity index is 0.00000363. The minimum absolute atomic E-state index is 0. The molecule has 0 aliphatic heterocycles. The average Bonchev–Trinajstić information content (AvgIpc) is 3.10. The molecule has 0 saturated carbocycles. The summed E-state index contributed by atoms with van der Waals surface area (Å²) >= 11 is 0. The number of benzene rings is 2. The number of ether oxygens (including phenoxy) is 1. The maximum absolute atomic E-state index is 5.89. The Morgan fingerprint density at radius 2 is 1.53 bits per heavy atom. The van der Waals surface area contributed by atoms with Crippen LogP contribution >= 0.6 is 0 Å². The first-order valence-corrected chi connectivity index (χ1v) is 14.9. The van der Waals surface area contributed by atoms with Crippen molar-refractivity contribution >= 4 is 25.1 Å². The van der Waals surface area contributed by atoms with Gasteiger partial charge in [-0.05, 0) is 75.9 Å². The van der Waals surface area contributed by atoms with Crippen molar-refractivity contribution in [3.8, 4) is 0 Å². The van der Waals surface area contributed by atoms with E-state index >= 15 is 0 Å². The van der Waals surface area contributed by atoms with Crippen LogP contribution in [-0.4, -0.2) is 26.0 Å². The van der Waals surface area contributed by atoms with Crippen LogP contribution < -0.4 is 29.8 Å². The summed E-state index contributed by atoms with van der Waals surface area (Å²) < 4.78 is 5.89. The van der Waals surface area contributed by atoms with E-state index in [0.29, 0.717) is 5.54 Å². The van der Waals surface area contributed by atoms with E-state index in [2.05, 4.69) is 102 Å². The van der Waals surface area contributed by atoms with Gasteiger partial charge in [-0.25, -0.2) is 0 Å². The standard InChI is InChI=1S/C28H43NOSi.2ClH.Ti/c1-27(2,3)29-31(7,21-13-9-8-12-20-30-28(4,5)6)25-19-18-23-17-16-22-14-10-11-15-24(22)26(23)25;;;/h10-11,14-19,25,29H,8-9,12-13,20-21H2,1-7H3;2*1H;/q;;;+2/p-2. The summed E-state index contributed by atoms with van der Waals surface area (Å²) in [6.07, 6.45) is 9.88. The van der Waals surface area contributed by atoms with Crippen LogP contribution in [0.25, 0.3) is 16.8 Å². The summed E-state index contributed by atoms with van der Waals surface area (Å²) in [6, 6.07) is 14.8. The molecular weight excluding hydrogens is 513 g/mol. The van der Waals surface area contributed by atoms with E-state index < -0.39 is 8.24 Å². The molecule has 3 rings (SSSR count). The van der Waals surface area contributed by atoms with E-state index in [1.807, 2.05) is 0 Å². The molecule has 0 bridgehead atoms. The van der Waals surface area contributed by atoms with Crippen LogP contribution in [0.15, 0.2) is 42.5 Å². The van der Waals surface area contributed by atoms with Crippen molar-refractivity contribution in [1.82, 2.24) is 4.98 Å². The number of allylic oxidation sites excluding steroid dienone is 1. The molecule has 0 spiro atoms. The van der Waals surface area contributed by atoms with Gasteiger partial charge < -0.3 is 34.5 Å². The summed E-state index contributed by atoms with van der Waals surface area (Å²) in [7, 11) is -1.79. The maximum Gasteiger partial charge on any atom is 2.00 e. The second-order valence-electron chi connectivity index (χ2n) is 11.5. The Hall–Kier alpha value is -0.129. The van der Waals surface area contributed by atoms with Gasteiger partial charge in [0.15, 0.2) is 0 Å². The molecule has 0 aromatic heterocycles. The van der Waals surface area contributed by atoms with Crippen LogP contribution in [0.3, 0.4) is 0 Å². The quantitative estimate of drug-likeness (QED) is 0.376. The number of rotatable bonds is 9. The number of nitrogens with one attached hydrogen (secondary N) is 1. The van der Waals surface area contributed by atoms with Crippen molar-refractivity contribution in [3.05, 3.63) is 53.6 Å². The average molecular weight is 557 g/mol. The molecule has 0 heterocycles. The number of unbranched alkanes of at least 4 members (excludes halogenated alkanes) is 3. The van der Waals surface area contributed by atoms with Gasteiger partial charge in [-0.3, -0.25) is 0 Å². The third-order valence-corrected chi connectivity index (χ3v) is 10.8. The molecule has 2 unspecified atom stereocenters. The third kappa shape index (κ3) is 9.39. The van der Waals surface area contributed by atoms with Crippen LogP contribution in [0, 0.1) is 0 Å². The largest absolute Gasteiger partial charge is 2.00 e. The van der Waals surface area contributed by atoms with Gasteiger partial charge >= 0.3 is 21.7 Å². The molecule has 34 heavy (non-hydrogen) atoms. The predicted molar refractivity (Wildman–Crippen MR) is 139 cm³/mol. The molecule has 1 aliphatic carbocycles. The van der Waals surface area contributed by atoms with Gasteiger partial charge in [0.1, 0.15) is 8.24 Å². The molecule has 0 radical (unpaired) electrons. The second kappa shape index (κ2) is 14.0. The van der Waals surface area contributed by atoms with Crippen LogP contribution in [-0.2, 0) is 26.5 Å². The summed E-state index contributed by atoms with van der Waals surface area (Å²) in [5.41, 5.74) is 3.60. The summed E-state index contributed by atoms with van der Waals surface area (Å²) in [6.45, 7) is 16.8. The Morgan fingerprint density at radius 3 is 2.18 bits per heavy atom. The smallest absolute Gasteiger partial charge is 1.00 e. The summed E-state index contributed by atoms with van der Waals surface area (Å²) in [5, 5.41) is 2.80. The van der Waals surface area contributed by atoms with Gasteiger partial charge in [-0.1, -0.05) is 74.4 Å². The van der Waals surface area contributed by atoms with Gasteiger partial charge in [0.2, 0.25) is 0 Å². The zero-order valence-electron chi connectivity index (χ0n) is 22.1. The van der Waals surface area contributed by atoms with Crippen LogP contribution in [0.1, 0.15) is 83.9 Å². The number of fused-ring (bicyclic) bond motifs is 3. The topological polar surface area (TPSA) is 21.3 Å². The molecule has 2 aromatic carbocycles. The van der Waals surface area contributed by atoms with E-state index in [-0.39, 0.29) is 57.7 Å². The Kier molecular flexibility index (Phi) is 13.9. The first kappa shape index (κ1) is 33.9. The molecule has 6 heteroatoms. The Bertz CT molecular complexity index is 923. The van der Waals surface area contributed by atoms with E-state index in [1.165, 1.54) is 48.1 Å². The number of hydrogen-bond acceptors (Lipinski definition) is 2. The van der Waals surface area contributed by atoms with Crippen molar-refractivity contribution < 1.29 is 51.3 Å². The molecule has 1 N–H and O–H groups in total. The Labute approximate surface area is 236 Å². The molecule has 2 aromatic rings. The number of halogens is 2. The maximum atomic E-state index is 5.89. The van der Waals surface area contributed by atoms with Crippen molar-refractivity contribution in [2.75, 3.05) is 6.61 Å². The van der Waals surface area contributed by atoms with Gasteiger partial charge in [-0.15, -0.1) is 0 Å². The van der Waals surface area contributed by atoms with Gasteiger partial charge in [0.05, 0.1) is 5.60 Å². The third-order valence-electron chi connectivity index (χ3n) is 6.26. The van der Waals surface area contributed by atoms with Crippen molar-refractivity contribution in [3.63, 3.8) is 0 Å². The van der Waals surface area contributed by atoms with Crippen LogP contribution in [0.4, 0.5) is 0 Å². The van der Waals surface area contributed by atoms with Crippen LogP contribution in [0.5, 0.6) is 0 Å². The van der Waals surface area contributed by atoms with E-state index in [9.17, 15) is 0 Å². The van der Waals surface area contributed by atoms with Crippen molar-refractivity contribution in [2.45, 2.75) is 96.5 Å². The zero-order valence-corrected chi connectivity index (χ0v) is 26.2. The molecular formula is C28H43Cl2NOSiTi. The first-order chi connectivity index (χ1) is 14.5. The molecule has 0 fully saturated rings. The minimum atomic E-state index is -1.79.